The quantitative estimate of drug-likeness (QED) is 0.772. The highest BCUT2D eigenvalue weighted by atomic mass is 16.1. The molecule has 1 atom stereocenters. The molecule has 0 aromatic heterocycles. The minimum atomic E-state index is -0.0300. The van der Waals surface area contributed by atoms with Crippen LogP contribution in [0.25, 0.3) is 6.08 Å². The first-order chi connectivity index (χ1) is 7.63. The molecule has 0 aliphatic heterocycles. The molecule has 1 aromatic rings. The molecule has 0 heterocycles. The summed E-state index contributed by atoms with van der Waals surface area (Å²) >= 11 is 0. The van der Waals surface area contributed by atoms with Crippen molar-refractivity contribution in [2.75, 3.05) is 0 Å². The molecule has 0 aliphatic carbocycles. The molecule has 1 amide bonds. The summed E-state index contributed by atoms with van der Waals surface area (Å²) in [4.78, 5) is 11.5. The molecule has 0 saturated carbocycles. The molecule has 0 saturated heterocycles. The first-order valence-electron chi connectivity index (χ1n) is 5.67. The predicted molar refractivity (Wildman–Crippen MR) is 68.1 cm³/mol. The third-order valence-electron chi connectivity index (χ3n) is 2.60. The summed E-state index contributed by atoms with van der Waals surface area (Å²) in [5, 5.41) is 2.89. The number of benzene rings is 1. The Labute approximate surface area is 97.4 Å². The molecule has 1 N–H and O–H groups in total. The second-order valence-corrected chi connectivity index (χ2v) is 4.01. The van der Waals surface area contributed by atoms with Crippen LogP contribution in [-0.4, -0.2) is 11.9 Å². The number of carbonyl (C=O) groups excluding carboxylic acids is 1. The second-order valence-electron chi connectivity index (χ2n) is 4.01. The molecule has 0 radical (unpaired) electrons. The fraction of sp³-hybridized carbons (Fsp3) is 0.357. The van der Waals surface area contributed by atoms with Crippen LogP contribution < -0.4 is 5.32 Å². The molecule has 1 unspecified atom stereocenters. The number of rotatable bonds is 4. The lowest BCUT2D eigenvalue weighted by molar-refractivity contribution is -0.117. The monoisotopic (exact) mass is 217 g/mol. The van der Waals surface area contributed by atoms with Crippen molar-refractivity contribution in [3.8, 4) is 0 Å². The van der Waals surface area contributed by atoms with E-state index in [-0.39, 0.29) is 11.9 Å². The zero-order valence-corrected chi connectivity index (χ0v) is 10.2. The molecule has 0 fully saturated rings. The maximum atomic E-state index is 11.5. The zero-order chi connectivity index (χ0) is 12.0. The van der Waals surface area contributed by atoms with Crippen LogP contribution in [0, 0.1) is 6.92 Å². The van der Waals surface area contributed by atoms with Gasteiger partial charge >= 0.3 is 0 Å². The molecule has 2 heteroatoms. The molecular weight excluding hydrogens is 198 g/mol. The Kier molecular flexibility index (Phi) is 4.77. The van der Waals surface area contributed by atoms with Crippen LogP contribution in [-0.2, 0) is 4.79 Å². The predicted octanol–water partition coefficient (Wildman–Crippen LogP) is 2.92. The van der Waals surface area contributed by atoms with Gasteiger partial charge in [-0.05, 0) is 37.5 Å². The van der Waals surface area contributed by atoms with Gasteiger partial charge < -0.3 is 5.32 Å². The minimum absolute atomic E-state index is 0.0300. The van der Waals surface area contributed by atoms with E-state index in [4.69, 9.17) is 0 Å². The number of carbonyl (C=O) groups is 1. The number of aryl methyl sites for hydroxylation is 1. The Morgan fingerprint density at radius 2 is 2.12 bits per heavy atom. The van der Waals surface area contributed by atoms with E-state index >= 15 is 0 Å². The van der Waals surface area contributed by atoms with Crippen molar-refractivity contribution in [2.24, 2.45) is 0 Å². The largest absolute Gasteiger partial charge is 0.350 e. The second kappa shape index (κ2) is 6.11. The van der Waals surface area contributed by atoms with E-state index in [0.29, 0.717) is 0 Å². The number of hydrogen-bond acceptors (Lipinski definition) is 1. The number of nitrogens with one attached hydrogen (secondary N) is 1. The van der Waals surface area contributed by atoms with Gasteiger partial charge in [0.05, 0.1) is 0 Å². The molecule has 1 aromatic carbocycles. The first-order valence-corrected chi connectivity index (χ1v) is 5.67. The highest BCUT2D eigenvalue weighted by Gasteiger charge is 2.01. The Balaban J connectivity index is 2.60. The molecule has 2 nitrogen and oxygen atoms in total. The van der Waals surface area contributed by atoms with Crippen molar-refractivity contribution in [1.29, 1.82) is 0 Å². The molecule has 16 heavy (non-hydrogen) atoms. The Bertz CT molecular complexity index is 382. The topological polar surface area (TPSA) is 29.1 Å². The Morgan fingerprint density at radius 1 is 1.44 bits per heavy atom. The van der Waals surface area contributed by atoms with Crippen molar-refractivity contribution in [2.45, 2.75) is 33.2 Å². The summed E-state index contributed by atoms with van der Waals surface area (Å²) in [7, 11) is 0. The highest BCUT2D eigenvalue weighted by molar-refractivity contribution is 5.92. The zero-order valence-electron chi connectivity index (χ0n) is 10.2. The number of amides is 1. The molecular formula is C14H19NO. The van der Waals surface area contributed by atoms with Crippen LogP contribution >= 0.6 is 0 Å². The summed E-state index contributed by atoms with van der Waals surface area (Å²) in [6, 6.07) is 8.23. The van der Waals surface area contributed by atoms with Crippen molar-refractivity contribution in [3.63, 3.8) is 0 Å². The van der Waals surface area contributed by atoms with Crippen molar-refractivity contribution < 1.29 is 4.79 Å². The lowest BCUT2D eigenvalue weighted by Crippen LogP contribution is -2.30. The summed E-state index contributed by atoms with van der Waals surface area (Å²) < 4.78 is 0. The molecule has 1 rings (SSSR count). The van der Waals surface area contributed by atoms with Gasteiger partial charge in [-0.3, -0.25) is 4.79 Å². The van der Waals surface area contributed by atoms with Gasteiger partial charge in [0.1, 0.15) is 0 Å². The maximum absolute atomic E-state index is 11.5. The fourth-order valence-electron chi connectivity index (χ4n) is 1.33. The normalized spacial score (nSPS) is 12.7. The minimum Gasteiger partial charge on any atom is -0.350 e. The van der Waals surface area contributed by atoms with Crippen LogP contribution in [0.3, 0.4) is 0 Å². The Hall–Kier alpha value is -1.57. The van der Waals surface area contributed by atoms with Gasteiger partial charge in [-0.2, -0.15) is 0 Å². The van der Waals surface area contributed by atoms with E-state index in [1.807, 2.05) is 44.2 Å². The molecule has 0 aliphatic rings. The van der Waals surface area contributed by atoms with Gasteiger partial charge in [0.2, 0.25) is 5.91 Å². The smallest absolute Gasteiger partial charge is 0.244 e. The average molecular weight is 217 g/mol. The Morgan fingerprint density at radius 3 is 2.75 bits per heavy atom. The third-order valence-corrected chi connectivity index (χ3v) is 2.60. The molecule has 0 bridgehead atoms. The van der Waals surface area contributed by atoms with Crippen molar-refractivity contribution in [1.82, 2.24) is 5.32 Å². The van der Waals surface area contributed by atoms with Gasteiger partial charge in [0.15, 0.2) is 0 Å². The van der Waals surface area contributed by atoms with Crippen molar-refractivity contribution in [3.05, 3.63) is 41.5 Å². The van der Waals surface area contributed by atoms with Crippen LogP contribution in [0.1, 0.15) is 31.4 Å². The average Bonchev–Trinajstić information content (AvgIpc) is 2.28. The maximum Gasteiger partial charge on any atom is 0.244 e. The van der Waals surface area contributed by atoms with E-state index in [2.05, 4.69) is 12.2 Å². The number of hydrogen-bond donors (Lipinski definition) is 1. The van der Waals surface area contributed by atoms with Crippen LogP contribution in [0.15, 0.2) is 30.3 Å². The SMILES string of the molecule is CCC(C)NC(=O)/C=C/c1ccccc1C. The molecule has 0 spiro atoms. The van der Waals surface area contributed by atoms with Crippen LogP contribution in [0.4, 0.5) is 0 Å². The summed E-state index contributed by atoms with van der Waals surface area (Å²) in [5.41, 5.74) is 2.26. The van der Waals surface area contributed by atoms with Gasteiger partial charge in [-0.1, -0.05) is 31.2 Å². The summed E-state index contributed by atoms with van der Waals surface area (Å²) in [5.74, 6) is -0.0300. The van der Waals surface area contributed by atoms with Crippen LogP contribution in [0.2, 0.25) is 0 Å². The fourth-order valence-corrected chi connectivity index (χ4v) is 1.33. The van der Waals surface area contributed by atoms with Crippen LogP contribution in [0.5, 0.6) is 0 Å². The van der Waals surface area contributed by atoms with Gasteiger partial charge in [-0.15, -0.1) is 0 Å². The standard InChI is InChI=1S/C14H19NO/c1-4-12(3)15-14(16)10-9-13-8-6-5-7-11(13)2/h5-10,12H,4H2,1-3H3,(H,15,16)/b10-9+. The first kappa shape index (κ1) is 12.5. The third kappa shape index (κ3) is 3.89. The van der Waals surface area contributed by atoms with Gasteiger partial charge in [0, 0.05) is 12.1 Å². The summed E-state index contributed by atoms with van der Waals surface area (Å²) in [6.07, 6.45) is 4.39. The lowest BCUT2D eigenvalue weighted by Gasteiger charge is -2.08. The van der Waals surface area contributed by atoms with Gasteiger partial charge in [0.25, 0.3) is 0 Å². The van der Waals surface area contributed by atoms with E-state index in [0.717, 1.165) is 12.0 Å². The van der Waals surface area contributed by atoms with E-state index < -0.39 is 0 Å². The highest BCUT2D eigenvalue weighted by Crippen LogP contribution is 2.08. The lowest BCUT2D eigenvalue weighted by atomic mass is 10.1. The molecule has 86 valence electrons. The van der Waals surface area contributed by atoms with E-state index in [1.165, 1.54) is 5.56 Å². The van der Waals surface area contributed by atoms with Crippen molar-refractivity contribution >= 4 is 12.0 Å². The van der Waals surface area contributed by atoms with Gasteiger partial charge in [-0.25, -0.2) is 0 Å². The van der Waals surface area contributed by atoms with E-state index in [1.54, 1.807) is 6.08 Å². The summed E-state index contributed by atoms with van der Waals surface area (Å²) in [6.45, 7) is 6.09. The van der Waals surface area contributed by atoms with E-state index in [9.17, 15) is 4.79 Å².